The Bertz CT molecular complexity index is 1430. The van der Waals surface area contributed by atoms with Gasteiger partial charge in [0, 0.05) is 47.3 Å². The molecule has 0 spiro atoms. The molecule has 7 nitrogen and oxygen atoms in total. The van der Waals surface area contributed by atoms with Crippen molar-refractivity contribution in [1.29, 1.82) is 0 Å². The van der Waals surface area contributed by atoms with Crippen molar-refractivity contribution in [3.8, 4) is 11.3 Å². The predicted octanol–water partition coefficient (Wildman–Crippen LogP) is 4.67. The SMILES string of the molecule is CSc1ccc(CNC(=O)CCc2nnc3c4cc(-c5ccc(Cl)cc5)nn4ccn23)cc1. The molecular formula is C24H21ClN6OS. The van der Waals surface area contributed by atoms with E-state index in [1.54, 1.807) is 16.3 Å². The predicted molar refractivity (Wildman–Crippen MR) is 131 cm³/mol. The van der Waals surface area contributed by atoms with Crippen LogP contribution in [0.15, 0.2) is 71.9 Å². The number of carbonyl (C=O) groups is 1. The van der Waals surface area contributed by atoms with Gasteiger partial charge in [0.2, 0.25) is 5.91 Å². The van der Waals surface area contributed by atoms with Crippen molar-refractivity contribution in [1.82, 2.24) is 29.5 Å². The van der Waals surface area contributed by atoms with E-state index in [0.29, 0.717) is 30.1 Å². The zero-order valence-corrected chi connectivity index (χ0v) is 19.5. The summed E-state index contributed by atoms with van der Waals surface area (Å²) >= 11 is 7.69. The van der Waals surface area contributed by atoms with Crippen LogP contribution in [0.25, 0.3) is 22.4 Å². The van der Waals surface area contributed by atoms with Crippen molar-refractivity contribution in [3.05, 3.63) is 83.4 Å². The number of benzene rings is 2. The third-order valence-corrected chi connectivity index (χ3v) is 6.45. The number of nitrogens with zero attached hydrogens (tertiary/aromatic N) is 5. The molecule has 0 unspecified atom stereocenters. The Kier molecular flexibility index (Phi) is 6.02. The molecule has 0 saturated heterocycles. The zero-order chi connectivity index (χ0) is 22.8. The summed E-state index contributed by atoms with van der Waals surface area (Å²) in [6, 6.07) is 17.7. The summed E-state index contributed by atoms with van der Waals surface area (Å²) in [7, 11) is 0. The van der Waals surface area contributed by atoms with Crippen LogP contribution in [0.1, 0.15) is 17.8 Å². The Balaban J connectivity index is 1.28. The van der Waals surface area contributed by atoms with Crippen LogP contribution in [0.4, 0.5) is 0 Å². The minimum atomic E-state index is -0.0175. The lowest BCUT2D eigenvalue weighted by molar-refractivity contribution is -0.121. The number of hydrogen-bond acceptors (Lipinski definition) is 5. The van der Waals surface area contributed by atoms with Crippen molar-refractivity contribution < 1.29 is 4.79 Å². The maximum atomic E-state index is 12.4. The van der Waals surface area contributed by atoms with Gasteiger partial charge in [0.15, 0.2) is 5.65 Å². The van der Waals surface area contributed by atoms with Crippen molar-refractivity contribution in [2.24, 2.45) is 0 Å². The highest BCUT2D eigenvalue weighted by molar-refractivity contribution is 7.98. The quantitative estimate of drug-likeness (QED) is 0.345. The standard InChI is InChI=1S/C24H21ClN6OS/c1-33-19-8-2-16(3-9-19)15-26-23(32)11-10-22-27-28-24-21-14-20(17-4-6-18(25)7-5-17)29-31(21)13-12-30(22)24/h2-9,12-14H,10-11,15H2,1H3,(H,26,32). The molecule has 1 N–H and O–H groups in total. The number of halogens is 1. The van der Waals surface area contributed by atoms with E-state index in [9.17, 15) is 4.79 Å². The minimum Gasteiger partial charge on any atom is -0.352 e. The Morgan fingerprint density at radius 3 is 2.61 bits per heavy atom. The molecule has 33 heavy (non-hydrogen) atoms. The number of hydrogen-bond donors (Lipinski definition) is 1. The van der Waals surface area contributed by atoms with Gasteiger partial charge in [0.1, 0.15) is 11.3 Å². The molecule has 0 aliphatic carbocycles. The Hall–Kier alpha value is -3.36. The fourth-order valence-corrected chi connectivity index (χ4v) is 4.18. The van der Waals surface area contributed by atoms with E-state index in [1.807, 2.05) is 65.5 Å². The summed E-state index contributed by atoms with van der Waals surface area (Å²) in [5.41, 5.74) is 4.43. The van der Waals surface area contributed by atoms with E-state index in [1.165, 1.54) is 4.90 Å². The summed E-state index contributed by atoms with van der Waals surface area (Å²) in [6.07, 6.45) is 6.62. The number of nitrogens with one attached hydrogen (secondary N) is 1. The molecule has 1 amide bonds. The van der Waals surface area contributed by atoms with E-state index in [0.717, 1.165) is 28.2 Å². The van der Waals surface area contributed by atoms with Gasteiger partial charge in [-0.15, -0.1) is 22.0 Å². The van der Waals surface area contributed by atoms with Crippen molar-refractivity contribution in [3.63, 3.8) is 0 Å². The number of fused-ring (bicyclic) bond motifs is 3. The van der Waals surface area contributed by atoms with E-state index in [2.05, 4.69) is 32.7 Å². The summed E-state index contributed by atoms with van der Waals surface area (Å²) in [5, 5.41) is 17.0. The second-order valence-electron chi connectivity index (χ2n) is 7.60. The number of rotatable bonds is 7. The smallest absolute Gasteiger partial charge is 0.220 e. The molecular weight excluding hydrogens is 456 g/mol. The first kappa shape index (κ1) is 21.5. The third-order valence-electron chi connectivity index (χ3n) is 5.45. The highest BCUT2D eigenvalue weighted by atomic mass is 35.5. The first-order valence-electron chi connectivity index (χ1n) is 10.5. The average Bonchev–Trinajstić information content (AvgIpc) is 3.46. The first-order chi connectivity index (χ1) is 16.1. The lowest BCUT2D eigenvalue weighted by Gasteiger charge is -2.06. The first-order valence-corrected chi connectivity index (χ1v) is 12.1. The maximum Gasteiger partial charge on any atom is 0.220 e. The van der Waals surface area contributed by atoms with Gasteiger partial charge in [-0.3, -0.25) is 9.20 Å². The molecule has 3 aromatic heterocycles. The Labute approximate surface area is 199 Å². The molecule has 2 aromatic carbocycles. The molecule has 166 valence electrons. The molecule has 0 atom stereocenters. The molecule has 3 heterocycles. The fourth-order valence-electron chi connectivity index (χ4n) is 3.65. The number of amides is 1. The fraction of sp³-hybridized carbons (Fsp3) is 0.167. The van der Waals surface area contributed by atoms with Gasteiger partial charge in [-0.2, -0.15) is 5.10 Å². The monoisotopic (exact) mass is 476 g/mol. The largest absolute Gasteiger partial charge is 0.352 e. The van der Waals surface area contributed by atoms with Crippen molar-refractivity contribution in [2.75, 3.05) is 6.26 Å². The van der Waals surface area contributed by atoms with Crippen LogP contribution in [0.5, 0.6) is 0 Å². The van der Waals surface area contributed by atoms with Crippen molar-refractivity contribution in [2.45, 2.75) is 24.3 Å². The molecule has 5 rings (SSSR count). The second kappa shape index (κ2) is 9.25. The maximum absolute atomic E-state index is 12.4. The molecule has 0 bridgehead atoms. The van der Waals surface area contributed by atoms with E-state index >= 15 is 0 Å². The highest BCUT2D eigenvalue weighted by Gasteiger charge is 2.13. The van der Waals surface area contributed by atoms with Crippen LogP contribution in [0.3, 0.4) is 0 Å². The third kappa shape index (κ3) is 4.58. The van der Waals surface area contributed by atoms with Gasteiger partial charge in [-0.25, -0.2) is 4.52 Å². The van der Waals surface area contributed by atoms with Gasteiger partial charge >= 0.3 is 0 Å². The molecule has 5 aromatic rings. The molecule has 0 fully saturated rings. The van der Waals surface area contributed by atoms with Gasteiger partial charge in [-0.05, 0) is 42.2 Å². The van der Waals surface area contributed by atoms with E-state index in [4.69, 9.17) is 11.6 Å². The van der Waals surface area contributed by atoms with Crippen LogP contribution in [-0.2, 0) is 17.8 Å². The van der Waals surface area contributed by atoms with Gasteiger partial charge < -0.3 is 5.32 Å². The molecule has 0 saturated carbocycles. The van der Waals surface area contributed by atoms with Crippen LogP contribution >= 0.6 is 23.4 Å². The molecule has 0 aliphatic heterocycles. The summed E-state index contributed by atoms with van der Waals surface area (Å²) in [5.74, 6) is 0.720. The number of aromatic nitrogens is 5. The summed E-state index contributed by atoms with van der Waals surface area (Å²) < 4.78 is 3.70. The topological polar surface area (TPSA) is 76.6 Å². The summed E-state index contributed by atoms with van der Waals surface area (Å²) in [4.78, 5) is 13.6. The average molecular weight is 477 g/mol. The molecule has 9 heteroatoms. The Morgan fingerprint density at radius 2 is 1.85 bits per heavy atom. The van der Waals surface area contributed by atoms with Crippen LogP contribution in [-0.4, -0.2) is 36.4 Å². The number of thioether (sulfide) groups is 1. The number of carbonyl (C=O) groups excluding carboxylic acids is 1. The summed E-state index contributed by atoms with van der Waals surface area (Å²) in [6.45, 7) is 0.512. The minimum absolute atomic E-state index is 0.0175. The molecule has 0 radical (unpaired) electrons. The lowest BCUT2D eigenvalue weighted by atomic mass is 10.1. The van der Waals surface area contributed by atoms with Gasteiger partial charge in [-0.1, -0.05) is 35.9 Å². The second-order valence-corrected chi connectivity index (χ2v) is 8.92. The van der Waals surface area contributed by atoms with Crippen LogP contribution in [0, 0.1) is 0 Å². The lowest BCUT2D eigenvalue weighted by Crippen LogP contribution is -2.23. The van der Waals surface area contributed by atoms with E-state index < -0.39 is 0 Å². The van der Waals surface area contributed by atoms with E-state index in [-0.39, 0.29) is 5.91 Å². The van der Waals surface area contributed by atoms with Gasteiger partial charge in [0.05, 0.1) is 5.69 Å². The van der Waals surface area contributed by atoms with Crippen molar-refractivity contribution >= 4 is 40.4 Å². The normalized spacial score (nSPS) is 11.3. The van der Waals surface area contributed by atoms with Crippen LogP contribution in [0.2, 0.25) is 5.02 Å². The molecule has 0 aliphatic rings. The zero-order valence-electron chi connectivity index (χ0n) is 17.9. The Morgan fingerprint density at radius 1 is 1.06 bits per heavy atom. The van der Waals surface area contributed by atoms with Crippen LogP contribution < -0.4 is 5.32 Å². The van der Waals surface area contributed by atoms with Gasteiger partial charge in [0.25, 0.3) is 0 Å². The number of aryl methyl sites for hydroxylation is 1. The highest BCUT2D eigenvalue weighted by Crippen LogP contribution is 2.23.